The molecule has 1 aromatic carbocycles. The zero-order valence-corrected chi connectivity index (χ0v) is 13.0. The molecule has 0 aliphatic carbocycles. The maximum atomic E-state index is 11.9. The third-order valence-electron chi connectivity index (χ3n) is 4.27. The molecular formula is C16H20N4O3. The van der Waals surface area contributed by atoms with Gasteiger partial charge in [-0.15, -0.1) is 0 Å². The summed E-state index contributed by atoms with van der Waals surface area (Å²) in [5.41, 5.74) is 2.55. The number of hydrogen-bond acceptors (Lipinski definition) is 4. The van der Waals surface area contributed by atoms with Crippen molar-refractivity contribution in [2.75, 3.05) is 18.0 Å². The number of fused-ring (bicyclic) bond motifs is 1. The molecule has 0 spiro atoms. The Hall–Kier alpha value is -2.57. The number of anilines is 1. The molecule has 122 valence electrons. The average Bonchev–Trinajstić information content (AvgIpc) is 2.98. The van der Waals surface area contributed by atoms with Gasteiger partial charge in [-0.2, -0.15) is 0 Å². The highest BCUT2D eigenvalue weighted by Gasteiger charge is 2.31. The molecule has 2 atom stereocenters. The number of nitrogens with one attached hydrogen (secondary N) is 3. The van der Waals surface area contributed by atoms with E-state index in [4.69, 9.17) is 0 Å². The number of imide groups is 1. The molecule has 3 rings (SSSR count). The predicted octanol–water partition coefficient (Wildman–Crippen LogP) is 0.152. The van der Waals surface area contributed by atoms with Crippen LogP contribution in [0, 0.1) is 0 Å². The SMILES string of the molecule is CC1Cc2ccccc2N1CCNC(=O)CC1NC(=O)NC1=O. The minimum absolute atomic E-state index is 0.0380. The number of carbonyl (C=O) groups excluding carboxylic acids is 3. The largest absolute Gasteiger partial charge is 0.367 e. The molecule has 7 heteroatoms. The van der Waals surface area contributed by atoms with Crippen molar-refractivity contribution in [3.05, 3.63) is 29.8 Å². The average molecular weight is 316 g/mol. The highest BCUT2D eigenvalue weighted by Crippen LogP contribution is 2.31. The first-order valence-corrected chi connectivity index (χ1v) is 7.77. The molecule has 2 unspecified atom stereocenters. The summed E-state index contributed by atoms with van der Waals surface area (Å²) >= 11 is 0. The minimum Gasteiger partial charge on any atom is -0.367 e. The first-order valence-electron chi connectivity index (χ1n) is 7.77. The normalized spacial score (nSPS) is 22.6. The van der Waals surface area contributed by atoms with Crippen molar-refractivity contribution in [3.8, 4) is 0 Å². The van der Waals surface area contributed by atoms with Crippen LogP contribution in [0.5, 0.6) is 0 Å². The van der Waals surface area contributed by atoms with E-state index in [2.05, 4.69) is 39.9 Å². The molecule has 0 saturated carbocycles. The Bertz CT molecular complexity index is 646. The van der Waals surface area contributed by atoms with Crippen LogP contribution in [0.25, 0.3) is 0 Å². The Morgan fingerprint density at radius 2 is 2.13 bits per heavy atom. The number of para-hydroxylation sites is 1. The van der Waals surface area contributed by atoms with Crippen molar-refractivity contribution in [1.82, 2.24) is 16.0 Å². The number of benzene rings is 1. The Labute approximate surface area is 134 Å². The monoisotopic (exact) mass is 316 g/mol. The topological polar surface area (TPSA) is 90.5 Å². The second-order valence-corrected chi connectivity index (χ2v) is 5.94. The van der Waals surface area contributed by atoms with Gasteiger partial charge in [0.25, 0.3) is 5.91 Å². The molecule has 4 amide bonds. The first-order chi connectivity index (χ1) is 11.0. The molecule has 0 aromatic heterocycles. The molecule has 0 bridgehead atoms. The van der Waals surface area contributed by atoms with E-state index >= 15 is 0 Å². The van der Waals surface area contributed by atoms with Crippen LogP contribution in [0.1, 0.15) is 18.9 Å². The summed E-state index contributed by atoms with van der Waals surface area (Å²) in [7, 11) is 0. The second kappa shape index (κ2) is 6.28. The zero-order valence-electron chi connectivity index (χ0n) is 13.0. The van der Waals surface area contributed by atoms with Gasteiger partial charge in [-0.05, 0) is 25.0 Å². The molecule has 2 aliphatic rings. The van der Waals surface area contributed by atoms with Gasteiger partial charge in [0.1, 0.15) is 6.04 Å². The molecule has 2 heterocycles. The standard InChI is InChI=1S/C16H20N4O3/c1-10-8-11-4-2-3-5-13(11)20(10)7-6-17-14(21)9-12-15(22)19-16(23)18-12/h2-5,10,12H,6-9H2,1H3,(H,17,21)(H2,18,19,22,23). The van der Waals surface area contributed by atoms with Gasteiger partial charge in [0, 0.05) is 24.8 Å². The van der Waals surface area contributed by atoms with Crippen molar-refractivity contribution in [3.63, 3.8) is 0 Å². The summed E-state index contributed by atoms with van der Waals surface area (Å²) in [5.74, 6) is -0.695. The van der Waals surface area contributed by atoms with Crippen LogP contribution < -0.4 is 20.9 Å². The van der Waals surface area contributed by atoms with Crippen molar-refractivity contribution in [2.24, 2.45) is 0 Å². The van der Waals surface area contributed by atoms with E-state index in [1.54, 1.807) is 0 Å². The van der Waals surface area contributed by atoms with Crippen molar-refractivity contribution in [1.29, 1.82) is 0 Å². The van der Waals surface area contributed by atoms with Gasteiger partial charge in [0.15, 0.2) is 0 Å². The molecule has 0 radical (unpaired) electrons. The molecular weight excluding hydrogens is 296 g/mol. The molecule has 23 heavy (non-hydrogen) atoms. The van der Waals surface area contributed by atoms with Gasteiger partial charge in [0.05, 0.1) is 6.42 Å². The summed E-state index contributed by atoms with van der Waals surface area (Å²) in [6, 6.07) is 7.38. The summed E-state index contributed by atoms with van der Waals surface area (Å²) in [6.07, 6.45) is 0.974. The minimum atomic E-state index is -0.770. The summed E-state index contributed by atoms with van der Waals surface area (Å²) in [6.45, 7) is 3.38. The van der Waals surface area contributed by atoms with E-state index in [0.29, 0.717) is 19.1 Å². The van der Waals surface area contributed by atoms with Crippen molar-refractivity contribution >= 4 is 23.5 Å². The van der Waals surface area contributed by atoms with Crippen molar-refractivity contribution in [2.45, 2.75) is 31.8 Å². The summed E-state index contributed by atoms with van der Waals surface area (Å²) in [5, 5.41) is 7.34. The fourth-order valence-corrected chi connectivity index (χ4v) is 3.15. The molecule has 1 aromatic rings. The van der Waals surface area contributed by atoms with Crippen LogP contribution in [0.2, 0.25) is 0 Å². The number of carbonyl (C=O) groups is 3. The lowest BCUT2D eigenvalue weighted by Crippen LogP contribution is -2.40. The van der Waals surface area contributed by atoms with Gasteiger partial charge in [-0.3, -0.25) is 14.9 Å². The van der Waals surface area contributed by atoms with Gasteiger partial charge >= 0.3 is 6.03 Å². The molecule has 1 fully saturated rings. The van der Waals surface area contributed by atoms with E-state index in [-0.39, 0.29) is 12.3 Å². The fourth-order valence-electron chi connectivity index (χ4n) is 3.15. The Kier molecular flexibility index (Phi) is 4.18. The van der Waals surface area contributed by atoms with Gasteiger partial charge in [-0.25, -0.2) is 4.79 Å². The molecule has 2 aliphatic heterocycles. The van der Waals surface area contributed by atoms with Gasteiger partial charge in [0.2, 0.25) is 5.91 Å². The van der Waals surface area contributed by atoms with E-state index < -0.39 is 18.0 Å². The Morgan fingerprint density at radius 1 is 1.35 bits per heavy atom. The lowest BCUT2D eigenvalue weighted by molar-refractivity contribution is -0.126. The van der Waals surface area contributed by atoms with Gasteiger partial charge in [-0.1, -0.05) is 18.2 Å². The van der Waals surface area contributed by atoms with Crippen LogP contribution in [0.3, 0.4) is 0 Å². The third kappa shape index (κ3) is 3.28. The maximum absolute atomic E-state index is 11.9. The number of rotatable bonds is 5. The summed E-state index contributed by atoms with van der Waals surface area (Å²) < 4.78 is 0. The number of nitrogens with zero attached hydrogens (tertiary/aromatic N) is 1. The highest BCUT2D eigenvalue weighted by molar-refractivity contribution is 6.05. The van der Waals surface area contributed by atoms with Gasteiger partial charge < -0.3 is 15.5 Å². The van der Waals surface area contributed by atoms with Crippen LogP contribution in [-0.2, 0) is 16.0 Å². The number of urea groups is 1. The van der Waals surface area contributed by atoms with Crippen molar-refractivity contribution < 1.29 is 14.4 Å². The highest BCUT2D eigenvalue weighted by atomic mass is 16.2. The number of amides is 4. The van der Waals surface area contributed by atoms with Crippen LogP contribution in [-0.4, -0.2) is 43.0 Å². The second-order valence-electron chi connectivity index (χ2n) is 5.94. The quantitative estimate of drug-likeness (QED) is 0.675. The first kappa shape index (κ1) is 15.3. The maximum Gasteiger partial charge on any atom is 0.322 e. The predicted molar refractivity (Wildman–Crippen MR) is 85.0 cm³/mol. The van der Waals surface area contributed by atoms with E-state index in [0.717, 1.165) is 6.42 Å². The van der Waals surface area contributed by atoms with E-state index in [1.807, 2.05) is 12.1 Å². The Morgan fingerprint density at radius 3 is 2.87 bits per heavy atom. The van der Waals surface area contributed by atoms with E-state index in [1.165, 1.54) is 11.3 Å². The molecule has 7 nitrogen and oxygen atoms in total. The Balaban J connectivity index is 1.47. The molecule has 1 saturated heterocycles. The molecule has 3 N–H and O–H groups in total. The van der Waals surface area contributed by atoms with E-state index in [9.17, 15) is 14.4 Å². The smallest absolute Gasteiger partial charge is 0.322 e. The van der Waals surface area contributed by atoms with Crippen LogP contribution in [0.15, 0.2) is 24.3 Å². The third-order valence-corrected chi connectivity index (χ3v) is 4.27. The van der Waals surface area contributed by atoms with Crippen LogP contribution in [0.4, 0.5) is 10.5 Å². The number of hydrogen-bond donors (Lipinski definition) is 3. The summed E-state index contributed by atoms with van der Waals surface area (Å²) in [4.78, 5) is 36.6. The zero-order chi connectivity index (χ0) is 16.4. The lowest BCUT2D eigenvalue weighted by atomic mass is 10.1. The van der Waals surface area contributed by atoms with Crippen LogP contribution >= 0.6 is 0 Å². The lowest BCUT2D eigenvalue weighted by Gasteiger charge is -2.25. The fraction of sp³-hybridized carbons (Fsp3) is 0.438.